The zero-order chi connectivity index (χ0) is 18.9. The number of hydrogen-bond acceptors (Lipinski definition) is 6. The molecule has 0 saturated carbocycles. The Bertz CT molecular complexity index is 764. The highest BCUT2D eigenvalue weighted by Crippen LogP contribution is 2.19. The van der Waals surface area contributed by atoms with E-state index in [-0.39, 0.29) is 12.0 Å². The van der Waals surface area contributed by atoms with Gasteiger partial charge in [-0.2, -0.15) is 0 Å². The van der Waals surface area contributed by atoms with E-state index >= 15 is 0 Å². The Balaban J connectivity index is 2.07. The minimum atomic E-state index is 0.00667. The van der Waals surface area contributed by atoms with E-state index in [4.69, 9.17) is 22.3 Å². The van der Waals surface area contributed by atoms with E-state index in [1.54, 1.807) is 12.4 Å². The maximum Gasteiger partial charge on any atom is 0.188 e. The Hall–Kier alpha value is -2.94. The Morgan fingerprint density at radius 3 is 2.88 bits per heavy atom. The molecule has 0 radical (unpaired) electrons. The summed E-state index contributed by atoms with van der Waals surface area (Å²) in [7, 11) is 0. The van der Waals surface area contributed by atoms with Crippen LogP contribution in [0.3, 0.4) is 0 Å². The van der Waals surface area contributed by atoms with Gasteiger partial charge in [0.15, 0.2) is 5.96 Å². The Morgan fingerprint density at radius 2 is 2.23 bits per heavy atom. The lowest BCUT2D eigenvalue weighted by Crippen LogP contribution is -2.42. The molecule has 2 aromatic heterocycles. The average Bonchev–Trinajstić information content (AvgIpc) is 3.12. The third-order valence-corrected chi connectivity index (χ3v) is 4.12. The van der Waals surface area contributed by atoms with Crippen LogP contribution in [0.5, 0.6) is 0 Å². The Labute approximate surface area is 152 Å². The van der Waals surface area contributed by atoms with Gasteiger partial charge in [0.25, 0.3) is 0 Å². The average molecular weight is 357 g/mol. The molecule has 0 bridgehead atoms. The highest BCUT2D eigenvalue weighted by atomic mass is 15.2. The van der Waals surface area contributed by atoms with Crippen molar-refractivity contribution in [2.24, 2.45) is 11.5 Å². The second kappa shape index (κ2) is 9.52. The summed E-state index contributed by atoms with van der Waals surface area (Å²) in [6, 6.07) is 1.89. The van der Waals surface area contributed by atoms with Gasteiger partial charge in [0.05, 0.1) is 5.69 Å². The molecule has 0 aliphatic heterocycles. The molecule has 1 unspecified atom stereocenters. The minimum Gasteiger partial charge on any atom is -0.386 e. The normalized spacial score (nSPS) is 12.8. The molecule has 140 valence electrons. The summed E-state index contributed by atoms with van der Waals surface area (Å²) >= 11 is 0. The lowest BCUT2D eigenvalue weighted by molar-refractivity contribution is 0.375. The van der Waals surface area contributed by atoms with Crippen LogP contribution in [-0.4, -0.2) is 57.7 Å². The summed E-state index contributed by atoms with van der Waals surface area (Å²) in [5, 5.41) is 19.5. The molecule has 0 aliphatic carbocycles. The van der Waals surface area contributed by atoms with Crippen LogP contribution in [-0.2, 0) is 0 Å². The van der Waals surface area contributed by atoms with Gasteiger partial charge >= 0.3 is 0 Å². The molecule has 9 heteroatoms. The first-order chi connectivity index (χ1) is 12.6. The number of fused-ring (bicyclic) bond motifs is 1. The van der Waals surface area contributed by atoms with E-state index in [9.17, 15) is 0 Å². The molecule has 0 aliphatic rings. The van der Waals surface area contributed by atoms with Crippen LogP contribution in [0.15, 0.2) is 24.8 Å². The molecule has 0 aromatic carbocycles. The monoisotopic (exact) mass is 357 g/mol. The van der Waals surface area contributed by atoms with Crippen LogP contribution < -0.4 is 16.8 Å². The van der Waals surface area contributed by atoms with Crippen LogP contribution in [0, 0.1) is 10.8 Å². The topological polar surface area (TPSA) is 157 Å². The summed E-state index contributed by atoms with van der Waals surface area (Å²) in [6.45, 7) is 3.89. The summed E-state index contributed by atoms with van der Waals surface area (Å²) in [4.78, 5) is 13.3. The number of nitrogens with zero attached hydrogens (tertiary/aromatic N) is 3. The van der Waals surface area contributed by atoms with Gasteiger partial charge in [-0.3, -0.25) is 5.41 Å². The molecule has 0 spiro atoms. The van der Waals surface area contributed by atoms with Crippen molar-refractivity contribution in [2.45, 2.75) is 25.8 Å². The van der Waals surface area contributed by atoms with E-state index in [1.807, 2.05) is 11.0 Å². The fourth-order valence-electron chi connectivity index (χ4n) is 2.69. The summed E-state index contributed by atoms with van der Waals surface area (Å²) in [5.74, 6) is 0.0779. The molecule has 0 saturated heterocycles. The summed E-state index contributed by atoms with van der Waals surface area (Å²) in [6.07, 6.45) is 7.96. The Kier molecular flexibility index (Phi) is 7.10. The number of rotatable bonds is 10. The maximum atomic E-state index is 7.72. The first-order valence-electron chi connectivity index (χ1n) is 8.64. The van der Waals surface area contributed by atoms with Crippen molar-refractivity contribution >= 4 is 28.8 Å². The van der Waals surface area contributed by atoms with Gasteiger partial charge < -0.3 is 32.1 Å². The van der Waals surface area contributed by atoms with Crippen LogP contribution >= 0.6 is 0 Å². The third-order valence-electron chi connectivity index (χ3n) is 4.12. The fourth-order valence-corrected chi connectivity index (χ4v) is 2.69. The van der Waals surface area contributed by atoms with Crippen molar-refractivity contribution in [1.29, 1.82) is 10.8 Å². The van der Waals surface area contributed by atoms with E-state index in [2.05, 4.69) is 27.2 Å². The molecule has 2 heterocycles. The second-order valence-electron chi connectivity index (χ2n) is 5.97. The predicted molar refractivity (Wildman–Crippen MR) is 105 cm³/mol. The highest BCUT2D eigenvalue weighted by molar-refractivity contribution is 6.11. The molecular weight excluding hydrogens is 330 g/mol. The molecule has 1 atom stereocenters. The standard InChI is InChI=1S/C17H27N9/c1-2-6-26(17(20)21)7-4-13(9-19)23-10-12(8-18)15-14-3-5-22-16(14)25-11-24-15/h3,5,8,10-11,13,18,23H,2,4,6-7,9,19H2,1H3,(H3,20,21)(H,22,24,25)/b12-10+,18-8?. The number of aromatic nitrogens is 3. The quantitative estimate of drug-likeness (QED) is 0.273. The number of nitrogens with two attached hydrogens (primary N) is 2. The zero-order valence-corrected chi connectivity index (χ0v) is 15.0. The minimum absolute atomic E-state index is 0.00667. The number of hydrogen-bond donors (Lipinski definition) is 6. The number of H-pyrrole nitrogens is 1. The van der Waals surface area contributed by atoms with Crippen molar-refractivity contribution in [3.63, 3.8) is 0 Å². The van der Waals surface area contributed by atoms with Crippen molar-refractivity contribution in [3.8, 4) is 0 Å². The highest BCUT2D eigenvalue weighted by Gasteiger charge is 2.12. The van der Waals surface area contributed by atoms with Gasteiger partial charge in [-0.25, -0.2) is 9.97 Å². The van der Waals surface area contributed by atoms with Gasteiger partial charge in [0.1, 0.15) is 12.0 Å². The van der Waals surface area contributed by atoms with Crippen LogP contribution in [0.4, 0.5) is 0 Å². The lowest BCUT2D eigenvalue weighted by atomic mass is 10.1. The Morgan fingerprint density at radius 1 is 1.42 bits per heavy atom. The smallest absolute Gasteiger partial charge is 0.188 e. The largest absolute Gasteiger partial charge is 0.386 e. The summed E-state index contributed by atoms with van der Waals surface area (Å²) in [5.41, 5.74) is 13.5. The van der Waals surface area contributed by atoms with Gasteiger partial charge in [-0.1, -0.05) is 6.92 Å². The number of aromatic amines is 1. The van der Waals surface area contributed by atoms with Crippen LogP contribution in [0.25, 0.3) is 16.6 Å². The molecular formula is C17H27N9. The predicted octanol–water partition coefficient (Wildman–Crippen LogP) is 0.861. The summed E-state index contributed by atoms with van der Waals surface area (Å²) < 4.78 is 0. The molecule has 0 fully saturated rings. The van der Waals surface area contributed by atoms with Gasteiger partial charge in [-0.15, -0.1) is 0 Å². The zero-order valence-electron chi connectivity index (χ0n) is 15.0. The lowest BCUT2D eigenvalue weighted by Gasteiger charge is -2.24. The van der Waals surface area contributed by atoms with Crippen molar-refractivity contribution in [2.75, 3.05) is 19.6 Å². The second-order valence-corrected chi connectivity index (χ2v) is 5.97. The first kappa shape index (κ1) is 19.4. The van der Waals surface area contributed by atoms with E-state index < -0.39 is 0 Å². The first-order valence-corrected chi connectivity index (χ1v) is 8.64. The van der Waals surface area contributed by atoms with Crippen LogP contribution in [0.1, 0.15) is 25.5 Å². The fraction of sp³-hybridized carbons (Fsp3) is 0.412. The molecule has 2 rings (SSSR count). The van der Waals surface area contributed by atoms with Gasteiger partial charge in [0.2, 0.25) is 0 Å². The third kappa shape index (κ3) is 4.79. The molecule has 26 heavy (non-hydrogen) atoms. The van der Waals surface area contributed by atoms with Crippen molar-refractivity contribution in [1.82, 2.24) is 25.2 Å². The molecule has 0 amide bonds. The molecule has 8 N–H and O–H groups in total. The number of guanidine groups is 1. The van der Waals surface area contributed by atoms with Crippen molar-refractivity contribution in [3.05, 3.63) is 30.5 Å². The maximum absolute atomic E-state index is 7.72. The van der Waals surface area contributed by atoms with Gasteiger partial charge in [-0.05, 0) is 18.9 Å². The molecule has 9 nitrogen and oxygen atoms in total. The van der Waals surface area contributed by atoms with E-state index in [0.29, 0.717) is 24.4 Å². The number of allylic oxidation sites excluding steroid dienone is 1. The number of nitrogens with one attached hydrogen (secondary N) is 4. The van der Waals surface area contributed by atoms with Crippen molar-refractivity contribution < 1.29 is 0 Å². The van der Waals surface area contributed by atoms with Crippen LogP contribution in [0.2, 0.25) is 0 Å². The van der Waals surface area contributed by atoms with E-state index in [0.717, 1.165) is 30.4 Å². The van der Waals surface area contributed by atoms with Gasteiger partial charge in [0, 0.05) is 55.2 Å². The SMILES string of the molecule is CCCN(CCC(CN)N/C=C(\C=N)c1ncnc2[nH]ccc12)C(=N)N. The molecule has 2 aromatic rings. The van der Waals surface area contributed by atoms with E-state index in [1.165, 1.54) is 12.5 Å².